The number of nitrogens with one attached hydrogen (secondary N) is 1. The average molecular weight is 277 g/mol. The fraction of sp³-hybridized carbons (Fsp3) is 0.400. The lowest BCUT2D eigenvalue weighted by Crippen LogP contribution is -2.36. The summed E-state index contributed by atoms with van der Waals surface area (Å²) in [6, 6.07) is 12.3. The Labute approximate surface area is 127 Å². The van der Waals surface area contributed by atoms with Gasteiger partial charge < -0.3 is 5.32 Å². The zero-order valence-electron chi connectivity index (χ0n) is 12.5. The summed E-state index contributed by atoms with van der Waals surface area (Å²) < 4.78 is 0. The largest absolute Gasteiger partial charge is 0.307 e. The molecule has 1 N–H and O–H groups in total. The van der Waals surface area contributed by atoms with Gasteiger partial charge in [-0.2, -0.15) is 0 Å². The lowest BCUT2D eigenvalue weighted by atomic mass is 9.88. The lowest BCUT2D eigenvalue weighted by molar-refractivity contribution is 0.476. The highest BCUT2D eigenvalue weighted by molar-refractivity contribution is 5.43. The third-order valence-corrected chi connectivity index (χ3v) is 5.12. The van der Waals surface area contributed by atoms with Crippen molar-refractivity contribution in [1.82, 2.24) is 5.32 Å². The molecule has 2 unspecified atom stereocenters. The highest BCUT2D eigenvalue weighted by Crippen LogP contribution is 2.35. The average Bonchev–Trinajstić information content (AvgIpc) is 2.90. The summed E-state index contributed by atoms with van der Waals surface area (Å²) in [6.45, 7) is 0. The number of rotatable bonds is 2. The van der Waals surface area contributed by atoms with Gasteiger partial charge in [-0.1, -0.05) is 48.6 Å². The second-order valence-electron chi connectivity index (χ2n) is 6.57. The van der Waals surface area contributed by atoms with Gasteiger partial charge in [0.15, 0.2) is 0 Å². The van der Waals surface area contributed by atoms with Gasteiger partial charge in [-0.3, -0.25) is 0 Å². The summed E-state index contributed by atoms with van der Waals surface area (Å²) in [6.07, 6.45) is 14.6. The zero-order valence-corrected chi connectivity index (χ0v) is 12.5. The molecule has 2 atom stereocenters. The first kappa shape index (κ1) is 13.1. The molecule has 21 heavy (non-hydrogen) atoms. The van der Waals surface area contributed by atoms with Gasteiger partial charge in [0, 0.05) is 12.1 Å². The Morgan fingerprint density at radius 1 is 1.05 bits per heavy atom. The molecule has 2 heterocycles. The van der Waals surface area contributed by atoms with Crippen LogP contribution in [0.2, 0.25) is 0 Å². The Kier molecular flexibility index (Phi) is 3.52. The third kappa shape index (κ3) is 2.75. The van der Waals surface area contributed by atoms with Crippen molar-refractivity contribution in [1.29, 1.82) is 0 Å². The molecule has 0 spiro atoms. The molecule has 2 saturated heterocycles. The van der Waals surface area contributed by atoms with E-state index in [2.05, 4.69) is 53.9 Å². The van der Waals surface area contributed by atoms with Crippen LogP contribution in [-0.4, -0.2) is 12.1 Å². The van der Waals surface area contributed by atoms with Crippen LogP contribution >= 0.6 is 0 Å². The van der Waals surface area contributed by atoms with E-state index in [1.807, 2.05) is 0 Å². The summed E-state index contributed by atoms with van der Waals surface area (Å²) in [5.74, 6) is 0. The monoisotopic (exact) mass is 277 g/mol. The standard InChI is InChI=1S/C20H23N/c1-2-5-15(6-3-1)13-16-7-4-8-17(14-16)19-11-9-18-10-12-20(19)21-18/h1-7,14,18,20-21H,8-13H2. The van der Waals surface area contributed by atoms with E-state index in [4.69, 9.17) is 0 Å². The van der Waals surface area contributed by atoms with E-state index in [0.29, 0.717) is 6.04 Å². The molecule has 2 fully saturated rings. The van der Waals surface area contributed by atoms with Crippen LogP contribution in [0.1, 0.15) is 37.7 Å². The quantitative estimate of drug-likeness (QED) is 0.848. The minimum Gasteiger partial charge on any atom is -0.307 e. The van der Waals surface area contributed by atoms with E-state index in [1.165, 1.54) is 36.8 Å². The molecule has 108 valence electrons. The lowest BCUT2D eigenvalue weighted by Gasteiger charge is -2.27. The number of allylic oxidation sites excluding steroid dienone is 5. The molecular formula is C20H23N. The highest BCUT2D eigenvalue weighted by Gasteiger charge is 2.32. The number of hydrogen-bond acceptors (Lipinski definition) is 1. The second-order valence-corrected chi connectivity index (χ2v) is 6.57. The molecule has 2 aliphatic heterocycles. The van der Waals surface area contributed by atoms with Crippen LogP contribution in [0.25, 0.3) is 0 Å². The van der Waals surface area contributed by atoms with E-state index < -0.39 is 0 Å². The summed E-state index contributed by atoms with van der Waals surface area (Å²) in [5, 5.41) is 3.79. The van der Waals surface area contributed by atoms with Crippen molar-refractivity contribution in [2.45, 2.75) is 50.6 Å². The number of piperidine rings is 1. The van der Waals surface area contributed by atoms with Gasteiger partial charge in [-0.15, -0.1) is 0 Å². The maximum atomic E-state index is 3.79. The number of hydrogen-bond donors (Lipinski definition) is 1. The first-order chi connectivity index (χ1) is 10.4. The van der Waals surface area contributed by atoms with Gasteiger partial charge in [0.05, 0.1) is 0 Å². The van der Waals surface area contributed by atoms with Gasteiger partial charge in [-0.05, 0) is 60.8 Å². The fourth-order valence-corrected chi connectivity index (χ4v) is 4.04. The van der Waals surface area contributed by atoms with E-state index in [-0.39, 0.29) is 0 Å². The van der Waals surface area contributed by atoms with Crippen LogP contribution in [0.4, 0.5) is 0 Å². The Morgan fingerprint density at radius 3 is 2.86 bits per heavy atom. The zero-order chi connectivity index (χ0) is 14.1. The summed E-state index contributed by atoms with van der Waals surface area (Å²) in [7, 11) is 0. The molecule has 1 nitrogen and oxygen atoms in total. The van der Waals surface area contributed by atoms with Crippen molar-refractivity contribution in [3.63, 3.8) is 0 Å². The van der Waals surface area contributed by atoms with Gasteiger partial charge in [-0.25, -0.2) is 0 Å². The molecule has 0 amide bonds. The van der Waals surface area contributed by atoms with Crippen LogP contribution in [0.15, 0.2) is 65.3 Å². The van der Waals surface area contributed by atoms with Crippen LogP contribution in [0, 0.1) is 0 Å². The van der Waals surface area contributed by atoms with Gasteiger partial charge in [0.2, 0.25) is 0 Å². The van der Waals surface area contributed by atoms with Crippen molar-refractivity contribution >= 4 is 0 Å². The van der Waals surface area contributed by atoms with Crippen LogP contribution < -0.4 is 5.32 Å². The van der Waals surface area contributed by atoms with Crippen molar-refractivity contribution in [2.75, 3.05) is 0 Å². The van der Waals surface area contributed by atoms with Crippen LogP contribution in [-0.2, 0) is 6.42 Å². The molecule has 1 aromatic rings. The van der Waals surface area contributed by atoms with E-state index in [0.717, 1.165) is 18.9 Å². The maximum Gasteiger partial charge on any atom is 0.0288 e. The molecule has 1 heteroatoms. The van der Waals surface area contributed by atoms with E-state index >= 15 is 0 Å². The van der Waals surface area contributed by atoms with Crippen molar-refractivity contribution < 1.29 is 0 Å². The molecule has 3 aliphatic rings. The van der Waals surface area contributed by atoms with Crippen LogP contribution in [0.5, 0.6) is 0 Å². The molecule has 0 saturated carbocycles. The minimum atomic E-state index is 0.666. The molecule has 0 aromatic heterocycles. The Bertz CT molecular complexity index is 606. The molecule has 0 radical (unpaired) electrons. The van der Waals surface area contributed by atoms with Crippen molar-refractivity contribution in [3.05, 3.63) is 70.8 Å². The van der Waals surface area contributed by atoms with Gasteiger partial charge in [0.1, 0.15) is 0 Å². The second kappa shape index (κ2) is 5.65. The van der Waals surface area contributed by atoms with Crippen molar-refractivity contribution in [2.24, 2.45) is 0 Å². The fourth-order valence-electron chi connectivity index (χ4n) is 4.04. The Balaban J connectivity index is 1.58. The smallest absolute Gasteiger partial charge is 0.0288 e. The summed E-state index contributed by atoms with van der Waals surface area (Å²) in [5.41, 5.74) is 6.14. The van der Waals surface area contributed by atoms with Crippen molar-refractivity contribution in [3.8, 4) is 0 Å². The Morgan fingerprint density at radius 2 is 1.95 bits per heavy atom. The minimum absolute atomic E-state index is 0.666. The molecule has 2 bridgehead atoms. The first-order valence-corrected chi connectivity index (χ1v) is 8.27. The normalized spacial score (nSPS) is 31.3. The topological polar surface area (TPSA) is 12.0 Å². The SMILES string of the molecule is C1=CC(Cc2ccccc2)=CC(=C2CCC3CCC2N3)C1. The van der Waals surface area contributed by atoms with Gasteiger partial charge in [0.25, 0.3) is 0 Å². The van der Waals surface area contributed by atoms with Crippen LogP contribution in [0.3, 0.4) is 0 Å². The summed E-state index contributed by atoms with van der Waals surface area (Å²) >= 11 is 0. The van der Waals surface area contributed by atoms with E-state index in [1.54, 1.807) is 11.1 Å². The predicted octanol–water partition coefficient (Wildman–Crippen LogP) is 4.33. The number of fused-ring (bicyclic) bond motifs is 2. The third-order valence-electron chi connectivity index (χ3n) is 5.12. The van der Waals surface area contributed by atoms with E-state index in [9.17, 15) is 0 Å². The molecular weight excluding hydrogens is 254 g/mol. The van der Waals surface area contributed by atoms with Gasteiger partial charge >= 0.3 is 0 Å². The highest BCUT2D eigenvalue weighted by atomic mass is 15.0. The molecule has 1 aromatic carbocycles. The maximum absolute atomic E-state index is 3.79. The first-order valence-electron chi connectivity index (χ1n) is 8.27. The molecule has 4 rings (SSSR count). The number of benzene rings is 1. The Hall–Kier alpha value is -1.60. The summed E-state index contributed by atoms with van der Waals surface area (Å²) in [4.78, 5) is 0. The molecule has 1 aliphatic carbocycles. The predicted molar refractivity (Wildman–Crippen MR) is 88.2 cm³/mol.